The van der Waals surface area contributed by atoms with Crippen molar-refractivity contribution in [2.45, 2.75) is 110 Å². The lowest BCUT2D eigenvalue weighted by atomic mass is 9.80. The van der Waals surface area contributed by atoms with Gasteiger partial charge in [-0.05, 0) is 55.3 Å². The van der Waals surface area contributed by atoms with E-state index >= 15 is 0 Å². The molecule has 0 aliphatic heterocycles. The number of hydrogen-bond acceptors (Lipinski definition) is 1. The summed E-state index contributed by atoms with van der Waals surface area (Å²) in [6.45, 7) is 9.53. The maximum atomic E-state index is 6.70. The first-order valence-electron chi connectivity index (χ1n) is 10.8. The second-order valence-corrected chi connectivity index (χ2v) is 9.36. The molecule has 0 aromatic carbocycles. The van der Waals surface area contributed by atoms with Crippen molar-refractivity contribution in [1.29, 1.82) is 0 Å². The summed E-state index contributed by atoms with van der Waals surface area (Å²) >= 11 is 0. The average Bonchev–Trinajstić information content (AvgIpc) is 3.09. The Hall–Kier alpha value is -0.0400. The highest BCUT2D eigenvalue weighted by atomic mass is 14.9. The third-order valence-electron chi connectivity index (χ3n) is 7.18. The van der Waals surface area contributed by atoms with Crippen molar-refractivity contribution in [2.24, 2.45) is 35.3 Å². The van der Waals surface area contributed by atoms with E-state index in [9.17, 15) is 0 Å². The largest absolute Gasteiger partial charge is 0.325 e. The first-order valence-corrected chi connectivity index (χ1v) is 10.8. The summed E-state index contributed by atoms with van der Waals surface area (Å²) < 4.78 is 0. The Morgan fingerprint density at radius 2 is 1.91 bits per heavy atom. The summed E-state index contributed by atoms with van der Waals surface area (Å²) in [5, 5.41) is 0. The zero-order chi connectivity index (χ0) is 16.9. The summed E-state index contributed by atoms with van der Waals surface area (Å²) in [6.07, 6.45) is 16.9. The zero-order valence-electron chi connectivity index (χ0n) is 16.4. The van der Waals surface area contributed by atoms with Gasteiger partial charge in [-0.2, -0.15) is 0 Å². The Morgan fingerprint density at radius 1 is 1.17 bits per heavy atom. The van der Waals surface area contributed by atoms with Gasteiger partial charge in [-0.3, -0.25) is 0 Å². The Balaban J connectivity index is 1.72. The fourth-order valence-corrected chi connectivity index (χ4v) is 5.01. The van der Waals surface area contributed by atoms with E-state index in [-0.39, 0.29) is 5.54 Å². The lowest BCUT2D eigenvalue weighted by Gasteiger charge is -2.27. The van der Waals surface area contributed by atoms with Crippen LogP contribution in [0.3, 0.4) is 0 Å². The molecule has 0 aromatic heterocycles. The summed E-state index contributed by atoms with van der Waals surface area (Å²) in [4.78, 5) is 0. The van der Waals surface area contributed by atoms with Crippen LogP contribution < -0.4 is 5.73 Å². The van der Waals surface area contributed by atoms with E-state index in [1.165, 1.54) is 77.0 Å². The van der Waals surface area contributed by atoms with Crippen LogP contribution in [0.25, 0.3) is 0 Å². The Bertz CT molecular complexity index is 333. The van der Waals surface area contributed by atoms with Crippen LogP contribution >= 0.6 is 0 Å². The first-order chi connectivity index (χ1) is 11.0. The molecule has 0 spiro atoms. The molecular formula is C22H43N. The van der Waals surface area contributed by atoms with Gasteiger partial charge in [-0.15, -0.1) is 0 Å². The van der Waals surface area contributed by atoms with Gasteiger partial charge in [0.05, 0.1) is 0 Å². The van der Waals surface area contributed by atoms with Gasteiger partial charge in [0.1, 0.15) is 0 Å². The van der Waals surface area contributed by atoms with Gasteiger partial charge in [0, 0.05) is 5.54 Å². The fraction of sp³-hybridized carbons (Fsp3) is 1.00. The van der Waals surface area contributed by atoms with Crippen molar-refractivity contribution in [3.63, 3.8) is 0 Å². The summed E-state index contributed by atoms with van der Waals surface area (Å²) in [7, 11) is 0. The molecule has 0 aromatic rings. The lowest BCUT2D eigenvalue weighted by Crippen LogP contribution is -2.26. The summed E-state index contributed by atoms with van der Waals surface area (Å²) in [6, 6.07) is 0. The molecule has 2 aliphatic carbocycles. The molecule has 2 saturated carbocycles. The minimum absolute atomic E-state index is 0.231. The molecule has 4 unspecified atom stereocenters. The Labute approximate surface area is 146 Å². The molecule has 0 radical (unpaired) electrons. The lowest BCUT2D eigenvalue weighted by molar-refractivity contribution is 0.253. The quantitative estimate of drug-likeness (QED) is 0.433. The van der Waals surface area contributed by atoms with E-state index in [2.05, 4.69) is 27.7 Å². The van der Waals surface area contributed by atoms with Gasteiger partial charge in [0.2, 0.25) is 0 Å². The number of rotatable bonds is 12. The van der Waals surface area contributed by atoms with Crippen molar-refractivity contribution in [1.82, 2.24) is 0 Å². The molecule has 1 heteroatoms. The average molecular weight is 322 g/mol. The second-order valence-electron chi connectivity index (χ2n) is 9.36. The van der Waals surface area contributed by atoms with E-state index in [4.69, 9.17) is 5.73 Å². The topological polar surface area (TPSA) is 26.0 Å². The van der Waals surface area contributed by atoms with Gasteiger partial charge in [-0.1, -0.05) is 79.1 Å². The third-order valence-corrected chi connectivity index (χ3v) is 7.18. The first kappa shape index (κ1) is 19.3. The van der Waals surface area contributed by atoms with Crippen molar-refractivity contribution in [3.05, 3.63) is 0 Å². The van der Waals surface area contributed by atoms with Crippen LogP contribution in [-0.2, 0) is 0 Å². The van der Waals surface area contributed by atoms with Crippen LogP contribution in [0.5, 0.6) is 0 Å². The summed E-state index contributed by atoms with van der Waals surface area (Å²) in [5.41, 5.74) is 6.94. The van der Waals surface area contributed by atoms with E-state index in [1.54, 1.807) is 0 Å². The monoisotopic (exact) mass is 321 g/mol. The van der Waals surface area contributed by atoms with Gasteiger partial charge in [-0.25, -0.2) is 0 Å². The van der Waals surface area contributed by atoms with Crippen LogP contribution in [0.2, 0.25) is 0 Å². The molecular weight excluding hydrogens is 278 g/mol. The molecule has 0 amide bonds. The van der Waals surface area contributed by atoms with Gasteiger partial charge in [0.15, 0.2) is 0 Å². The highest BCUT2D eigenvalue weighted by Crippen LogP contribution is 2.50. The molecule has 2 rings (SSSR count). The molecule has 2 N–H and O–H groups in total. The maximum Gasteiger partial charge on any atom is 0.0187 e. The van der Waals surface area contributed by atoms with Crippen molar-refractivity contribution in [2.75, 3.05) is 0 Å². The third kappa shape index (κ3) is 5.76. The Morgan fingerprint density at radius 3 is 2.43 bits per heavy atom. The van der Waals surface area contributed by atoms with Crippen molar-refractivity contribution < 1.29 is 0 Å². The number of nitrogens with two attached hydrogens (primary N) is 1. The zero-order valence-corrected chi connectivity index (χ0v) is 16.4. The normalized spacial score (nSPS) is 30.3. The molecule has 23 heavy (non-hydrogen) atoms. The molecule has 0 bridgehead atoms. The highest BCUT2D eigenvalue weighted by Gasteiger charge is 2.50. The number of hydrogen-bond donors (Lipinski definition) is 1. The fourth-order valence-electron chi connectivity index (χ4n) is 5.01. The molecule has 0 saturated heterocycles. The smallest absolute Gasteiger partial charge is 0.0187 e. The van der Waals surface area contributed by atoms with E-state index < -0.39 is 0 Å². The maximum absolute atomic E-state index is 6.70. The van der Waals surface area contributed by atoms with Crippen molar-refractivity contribution in [3.8, 4) is 0 Å². The minimum Gasteiger partial charge on any atom is -0.325 e. The van der Waals surface area contributed by atoms with Crippen molar-refractivity contribution >= 4 is 0 Å². The van der Waals surface area contributed by atoms with Crippen LogP contribution in [0, 0.1) is 29.6 Å². The molecule has 2 fully saturated rings. The van der Waals surface area contributed by atoms with Gasteiger partial charge >= 0.3 is 0 Å². The van der Waals surface area contributed by atoms with E-state index in [0.29, 0.717) is 0 Å². The predicted molar refractivity (Wildman–Crippen MR) is 102 cm³/mol. The minimum atomic E-state index is 0.231. The van der Waals surface area contributed by atoms with E-state index in [0.717, 1.165) is 29.6 Å². The molecule has 2 aliphatic rings. The Kier molecular flexibility index (Phi) is 7.45. The summed E-state index contributed by atoms with van der Waals surface area (Å²) in [5.74, 6) is 4.57. The standard InChI is InChI=1S/C22H43N/c1-5-9-19(14-20(6-2)17(3)4)15-21-16-22(21,23)13-8-12-18-10-7-11-18/h17-21H,5-16,23H2,1-4H3. The predicted octanol–water partition coefficient (Wildman–Crippen LogP) is 6.55. The van der Waals surface area contributed by atoms with E-state index in [1.807, 2.05) is 0 Å². The van der Waals surface area contributed by atoms with Gasteiger partial charge < -0.3 is 5.73 Å². The van der Waals surface area contributed by atoms with Crippen LogP contribution in [0.4, 0.5) is 0 Å². The van der Waals surface area contributed by atoms with Crippen LogP contribution in [0.1, 0.15) is 105 Å². The SMILES string of the molecule is CCCC(CC(CC)C(C)C)CC1CC1(N)CCCC1CCC1. The second kappa shape index (κ2) is 8.88. The van der Waals surface area contributed by atoms with Gasteiger partial charge in [0.25, 0.3) is 0 Å². The molecule has 1 nitrogen and oxygen atoms in total. The molecule has 4 atom stereocenters. The highest BCUT2D eigenvalue weighted by molar-refractivity contribution is 5.08. The van der Waals surface area contributed by atoms with Crippen LogP contribution in [-0.4, -0.2) is 5.54 Å². The van der Waals surface area contributed by atoms with Crippen LogP contribution in [0.15, 0.2) is 0 Å². The molecule has 0 heterocycles. The molecule has 136 valence electrons.